The molecular weight excluding hydrogens is 469 g/mol. The molecule has 8 nitrogen and oxygen atoms in total. The molecule has 0 saturated heterocycles. The van der Waals surface area contributed by atoms with E-state index in [2.05, 4.69) is 15.0 Å². The molecule has 0 atom stereocenters. The van der Waals surface area contributed by atoms with Crippen LogP contribution in [0.3, 0.4) is 0 Å². The van der Waals surface area contributed by atoms with Crippen LogP contribution in [0.25, 0.3) is 32.9 Å². The number of aromatic nitrogens is 4. The lowest BCUT2D eigenvalue weighted by atomic mass is 10.1. The van der Waals surface area contributed by atoms with Gasteiger partial charge < -0.3 is 10.5 Å². The summed E-state index contributed by atoms with van der Waals surface area (Å²) < 4.78 is 22.7. The minimum Gasteiger partial charge on any atom is -0.452 e. The molecule has 3 N–H and O–H groups in total. The summed E-state index contributed by atoms with van der Waals surface area (Å²) in [5.41, 5.74) is 7.70. The third kappa shape index (κ3) is 4.08. The van der Waals surface area contributed by atoms with Crippen molar-refractivity contribution in [3.63, 3.8) is 0 Å². The fourth-order valence-electron chi connectivity index (χ4n) is 3.85. The van der Waals surface area contributed by atoms with Crippen molar-refractivity contribution in [1.82, 2.24) is 19.5 Å². The van der Waals surface area contributed by atoms with Crippen LogP contribution >= 0.6 is 11.3 Å². The van der Waals surface area contributed by atoms with Crippen LogP contribution in [0.4, 0.5) is 4.39 Å². The van der Waals surface area contributed by atoms with Gasteiger partial charge in [0.1, 0.15) is 5.52 Å². The summed E-state index contributed by atoms with van der Waals surface area (Å²) in [6.45, 7) is 3.72. The van der Waals surface area contributed by atoms with Crippen molar-refractivity contribution in [2.45, 2.75) is 19.9 Å². The van der Waals surface area contributed by atoms with E-state index < -0.39 is 11.7 Å². The highest BCUT2D eigenvalue weighted by Gasteiger charge is 2.20. The van der Waals surface area contributed by atoms with Gasteiger partial charge >= 0.3 is 5.69 Å². The van der Waals surface area contributed by atoms with Crippen molar-refractivity contribution >= 4 is 28.4 Å². The second kappa shape index (κ2) is 8.80. The molecule has 1 amide bonds. The van der Waals surface area contributed by atoms with Crippen LogP contribution in [0, 0.1) is 5.82 Å². The molecule has 3 aromatic heterocycles. The smallest absolute Gasteiger partial charge is 0.328 e. The Balaban J connectivity index is 1.56. The summed E-state index contributed by atoms with van der Waals surface area (Å²) in [5.74, 6) is -1.02. The summed E-state index contributed by atoms with van der Waals surface area (Å²) in [4.78, 5) is 36.1. The molecule has 35 heavy (non-hydrogen) atoms. The fourth-order valence-corrected chi connectivity index (χ4v) is 4.80. The molecule has 5 rings (SSSR count). The second-order valence-corrected chi connectivity index (χ2v) is 9.07. The van der Waals surface area contributed by atoms with Gasteiger partial charge in [-0.15, -0.1) is 11.3 Å². The number of primary amides is 1. The highest BCUT2D eigenvalue weighted by atomic mass is 32.1. The number of thiazole rings is 1. The van der Waals surface area contributed by atoms with Gasteiger partial charge in [-0.1, -0.05) is 30.3 Å². The molecule has 2 aromatic carbocycles. The van der Waals surface area contributed by atoms with E-state index >= 15 is 4.39 Å². The van der Waals surface area contributed by atoms with E-state index in [4.69, 9.17) is 10.5 Å². The van der Waals surface area contributed by atoms with Gasteiger partial charge in [0.05, 0.1) is 10.6 Å². The number of H-pyrrole nitrogens is 1. The normalized spacial score (nSPS) is 11.3. The number of nitrogens with zero attached hydrogens (tertiary/aromatic N) is 3. The monoisotopic (exact) mass is 489 g/mol. The number of pyridine rings is 1. The molecule has 176 valence electrons. The van der Waals surface area contributed by atoms with E-state index in [0.29, 0.717) is 33.0 Å². The van der Waals surface area contributed by atoms with Crippen molar-refractivity contribution in [1.29, 1.82) is 0 Å². The molecule has 0 unspecified atom stereocenters. The second-order valence-electron chi connectivity index (χ2n) is 8.07. The van der Waals surface area contributed by atoms with Crippen molar-refractivity contribution in [3.05, 3.63) is 82.1 Å². The topological polar surface area (TPSA) is 116 Å². The molecule has 0 bridgehead atoms. The van der Waals surface area contributed by atoms with Gasteiger partial charge in [-0.2, -0.15) is 0 Å². The number of nitrogens with one attached hydrogen (secondary N) is 1. The van der Waals surface area contributed by atoms with Gasteiger partial charge in [-0.05, 0) is 37.6 Å². The van der Waals surface area contributed by atoms with Gasteiger partial charge in [-0.25, -0.2) is 19.2 Å². The number of hydrogen-bond donors (Lipinski definition) is 2. The molecule has 0 aliphatic heterocycles. The summed E-state index contributed by atoms with van der Waals surface area (Å²) in [5, 5.41) is 0.137. The summed E-state index contributed by atoms with van der Waals surface area (Å²) in [6, 6.07) is 15.3. The summed E-state index contributed by atoms with van der Waals surface area (Å²) in [7, 11) is 0. The minimum atomic E-state index is -0.650. The van der Waals surface area contributed by atoms with Crippen LogP contribution in [0.1, 0.15) is 29.7 Å². The largest absolute Gasteiger partial charge is 0.452 e. The van der Waals surface area contributed by atoms with Crippen LogP contribution in [0.2, 0.25) is 0 Å². The van der Waals surface area contributed by atoms with Crippen LogP contribution in [0.5, 0.6) is 11.5 Å². The van der Waals surface area contributed by atoms with E-state index in [9.17, 15) is 9.59 Å². The number of rotatable bonds is 6. The van der Waals surface area contributed by atoms with Gasteiger partial charge in [0.25, 0.3) is 5.91 Å². The first-order valence-corrected chi connectivity index (χ1v) is 11.6. The molecular formula is C25H20FN5O3S. The van der Waals surface area contributed by atoms with Gasteiger partial charge in [-0.3, -0.25) is 14.3 Å². The van der Waals surface area contributed by atoms with Crippen molar-refractivity contribution < 1.29 is 13.9 Å². The van der Waals surface area contributed by atoms with Gasteiger partial charge in [0.2, 0.25) is 0 Å². The molecule has 3 heterocycles. The Bertz CT molecular complexity index is 1620. The number of amides is 1. The van der Waals surface area contributed by atoms with E-state index in [0.717, 1.165) is 16.9 Å². The molecule has 0 spiro atoms. The van der Waals surface area contributed by atoms with Crippen LogP contribution in [0.15, 0.2) is 65.6 Å². The number of imidazole rings is 1. The Morgan fingerprint density at radius 2 is 1.89 bits per heavy atom. The molecule has 0 aliphatic rings. The van der Waals surface area contributed by atoms with Crippen LogP contribution in [-0.4, -0.2) is 25.4 Å². The lowest BCUT2D eigenvalue weighted by Crippen LogP contribution is -2.18. The zero-order valence-electron chi connectivity index (χ0n) is 18.8. The molecule has 0 radical (unpaired) electrons. The number of fused-ring (bicyclic) bond motifs is 1. The number of ether oxygens (including phenoxy) is 1. The Hall–Kier alpha value is -4.31. The SMILES string of the molecule is CC(C)n1c(=O)[nH]c2nccc(Oc3ccc(-c4nc(C(N)=O)sc4-c4ccccc4)cc3F)c21. The molecule has 5 aromatic rings. The summed E-state index contributed by atoms with van der Waals surface area (Å²) in [6.07, 6.45) is 1.48. The average Bonchev–Trinajstić information content (AvgIpc) is 3.43. The highest BCUT2D eigenvalue weighted by molar-refractivity contribution is 7.17. The van der Waals surface area contributed by atoms with Gasteiger partial charge in [0, 0.05) is 23.9 Å². The Kier molecular flexibility index (Phi) is 5.65. The fraction of sp³-hybridized carbons (Fsp3) is 0.120. The maximum atomic E-state index is 15.3. The number of aromatic amines is 1. The number of halogens is 1. The third-order valence-corrected chi connectivity index (χ3v) is 6.51. The van der Waals surface area contributed by atoms with Crippen molar-refractivity contribution in [2.24, 2.45) is 5.73 Å². The molecule has 0 saturated carbocycles. The first-order valence-electron chi connectivity index (χ1n) is 10.8. The molecule has 10 heteroatoms. The van der Waals surface area contributed by atoms with E-state index in [1.165, 1.54) is 22.9 Å². The number of nitrogens with two attached hydrogens (primary N) is 1. The number of carbonyl (C=O) groups is 1. The minimum absolute atomic E-state index is 0.0307. The van der Waals surface area contributed by atoms with Crippen molar-refractivity contribution in [3.8, 4) is 33.2 Å². The zero-order valence-corrected chi connectivity index (χ0v) is 19.6. The highest BCUT2D eigenvalue weighted by Crippen LogP contribution is 2.39. The van der Waals surface area contributed by atoms with E-state index in [1.54, 1.807) is 12.1 Å². The van der Waals surface area contributed by atoms with Gasteiger partial charge in [0.15, 0.2) is 28.0 Å². The maximum Gasteiger partial charge on any atom is 0.328 e. The Morgan fingerprint density at radius 3 is 2.57 bits per heavy atom. The third-order valence-electron chi connectivity index (χ3n) is 5.39. The van der Waals surface area contributed by atoms with Crippen LogP contribution in [-0.2, 0) is 0 Å². The number of benzene rings is 2. The predicted molar refractivity (Wildman–Crippen MR) is 132 cm³/mol. The number of carbonyl (C=O) groups excluding carboxylic acids is 1. The average molecular weight is 490 g/mol. The van der Waals surface area contributed by atoms with Crippen LogP contribution < -0.4 is 16.2 Å². The lowest BCUT2D eigenvalue weighted by Gasteiger charge is -2.12. The maximum absolute atomic E-state index is 15.3. The Morgan fingerprint density at radius 1 is 1.11 bits per heavy atom. The molecule has 0 fully saturated rings. The first kappa shape index (κ1) is 22.5. The quantitative estimate of drug-likeness (QED) is 0.343. The zero-order chi connectivity index (χ0) is 24.7. The number of hydrogen-bond acceptors (Lipinski definition) is 6. The standard InChI is InChI=1S/C25H20FN5O3S/c1-13(2)31-20-18(10-11-28-23(20)30-25(31)33)34-17-9-8-15(12-16(17)26)19-21(14-6-4-3-5-7-14)35-24(29-19)22(27)32/h3-13H,1-2H3,(H2,27,32)(H,28,30,33). The van der Waals surface area contributed by atoms with Crippen molar-refractivity contribution in [2.75, 3.05) is 0 Å². The van der Waals surface area contributed by atoms with E-state index in [1.807, 2.05) is 44.2 Å². The lowest BCUT2D eigenvalue weighted by molar-refractivity contribution is 0.1000. The summed E-state index contributed by atoms with van der Waals surface area (Å²) >= 11 is 1.15. The van der Waals surface area contributed by atoms with E-state index in [-0.39, 0.29) is 22.5 Å². The first-order chi connectivity index (χ1) is 16.8. The molecule has 0 aliphatic carbocycles. The Labute approximate surface area is 202 Å². The predicted octanol–water partition coefficient (Wildman–Crippen LogP) is 5.13.